The van der Waals surface area contributed by atoms with Crippen LogP contribution in [0.25, 0.3) is 5.69 Å². The van der Waals surface area contributed by atoms with Gasteiger partial charge in [0.1, 0.15) is 18.0 Å². The van der Waals surface area contributed by atoms with Crippen molar-refractivity contribution in [1.82, 2.24) is 19.4 Å². The van der Waals surface area contributed by atoms with Crippen molar-refractivity contribution in [3.05, 3.63) is 76.8 Å². The normalized spacial score (nSPS) is 18.9. The lowest BCUT2D eigenvalue weighted by molar-refractivity contribution is -0.137. The smallest absolute Gasteiger partial charge is 0.350 e. The Morgan fingerprint density at radius 3 is 2.36 bits per heavy atom. The zero-order valence-electron chi connectivity index (χ0n) is 18.2. The second-order valence-corrected chi connectivity index (χ2v) is 10.3. The monoisotopic (exact) mass is 548 g/mol. The van der Waals surface area contributed by atoms with Crippen LogP contribution < -0.4 is 5.32 Å². The molecule has 14 heteroatoms. The predicted octanol–water partition coefficient (Wildman–Crippen LogP) is 4.10. The summed E-state index contributed by atoms with van der Waals surface area (Å²) in [5.41, 5.74) is -0.248. The van der Waals surface area contributed by atoms with Gasteiger partial charge in [-0.15, -0.1) is 0 Å². The fourth-order valence-corrected chi connectivity index (χ4v) is 5.57. The van der Waals surface area contributed by atoms with Gasteiger partial charge in [0.15, 0.2) is 5.15 Å². The molecule has 1 amide bonds. The molecule has 1 saturated heterocycles. The molecule has 0 bridgehead atoms. The molecule has 1 aliphatic rings. The molecule has 4 rings (SSSR count). The third-order valence-electron chi connectivity index (χ3n) is 5.58. The number of carbonyl (C=O) groups is 1. The Bertz CT molecular complexity index is 1360. The van der Waals surface area contributed by atoms with Gasteiger partial charge in [0, 0.05) is 31.3 Å². The van der Waals surface area contributed by atoms with E-state index in [1.807, 2.05) is 0 Å². The van der Waals surface area contributed by atoms with Crippen LogP contribution in [0.2, 0.25) is 5.15 Å². The van der Waals surface area contributed by atoms with Crippen molar-refractivity contribution < 1.29 is 35.2 Å². The summed E-state index contributed by atoms with van der Waals surface area (Å²) >= 11 is 6.10. The Balaban J connectivity index is 1.47. The molecule has 2 atom stereocenters. The molecule has 2 aromatic carbocycles. The molecule has 3 aromatic rings. The highest BCUT2D eigenvalue weighted by Gasteiger charge is 2.44. The van der Waals surface area contributed by atoms with Crippen LogP contribution in [0, 0.1) is 5.82 Å². The predicted molar refractivity (Wildman–Crippen MR) is 119 cm³/mol. The fraction of sp³-hybridized carbons (Fsp3) is 0.273. The lowest BCUT2D eigenvalue weighted by Crippen LogP contribution is -2.45. The summed E-state index contributed by atoms with van der Waals surface area (Å²) in [5.74, 6) is -1.43. The van der Waals surface area contributed by atoms with Crippen LogP contribution in [-0.4, -0.2) is 47.2 Å². The summed E-state index contributed by atoms with van der Waals surface area (Å²) < 4.78 is 93.5. The topological polar surface area (TPSA) is 84.3 Å². The van der Waals surface area contributed by atoms with Gasteiger partial charge in [-0.1, -0.05) is 11.6 Å². The second kappa shape index (κ2) is 9.79. The minimum Gasteiger partial charge on any atom is -0.350 e. The van der Waals surface area contributed by atoms with Gasteiger partial charge in [-0.2, -0.15) is 22.6 Å². The Labute approximate surface area is 207 Å². The van der Waals surface area contributed by atoms with Gasteiger partial charge in [-0.3, -0.25) is 4.79 Å². The summed E-state index contributed by atoms with van der Waals surface area (Å²) in [6, 6.07) is 6.77. The van der Waals surface area contributed by atoms with Crippen molar-refractivity contribution in [3.63, 3.8) is 0 Å². The highest BCUT2D eigenvalue weighted by molar-refractivity contribution is 7.89. The zero-order chi connectivity index (χ0) is 26.3. The van der Waals surface area contributed by atoms with Gasteiger partial charge in [-0.05, 0) is 48.5 Å². The van der Waals surface area contributed by atoms with Crippen molar-refractivity contribution in [2.75, 3.05) is 6.54 Å². The van der Waals surface area contributed by atoms with Gasteiger partial charge in [0.2, 0.25) is 15.9 Å². The number of hydrogen-bond acceptors (Lipinski definition) is 4. The molecular formula is C22H18ClF5N4O3S. The Morgan fingerprint density at radius 1 is 1.11 bits per heavy atom. The summed E-state index contributed by atoms with van der Waals surface area (Å²) in [6.45, 7) is -0.736. The summed E-state index contributed by atoms with van der Waals surface area (Å²) in [7, 11) is -4.28. The standard InChI is InChI=1S/C22H18ClF5N4O3S/c23-20-13(11-31(30-20)17-5-1-14(2-6-17)22(26,27)28)10-29-21(33)19-9-16(25)12-32(19)36(34,35)18-7-3-15(24)4-8-18/h1-8,11,16,19H,9-10,12H2,(H,29,33)/t16-,19+/m1/s1. The molecular weight excluding hydrogens is 531 g/mol. The molecule has 2 heterocycles. The maximum atomic E-state index is 14.2. The number of hydrogen-bond donors (Lipinski definition) is 1. The van der Waals surface area contributed by atoms with Crippen LogP contribution in [0.15, 0.2) is 59.6 Å². The minimum absolute atomic E-state index is 0.0409. The number of halogens is 6. The van der Waals surface area contributed by atoms with E-state index in [-0.39, 0.29) is 28.7 Å². The number of alkyl halides is 4. The lowest BCUT2D eigenvalue weighted by Gasteiger charge is -2.23. The second-order valence-electron chi connectivity index (χ2n) is 8.03. The molecule has 1 N–H and O–H groups in total. The van der Waals surface area contributed by atoms with Gasteiger partial charge < -0.3 is 5.32 Å². The highest BCUT2D eigenvalue weighted by Crippen LogP contribution is 2.30. The summed E-state index contributed by atoms with van der Waals surface area (Å²) in [6.07, 6.45) is -5.05. The maximum absolute atomic E-state index is 14.2. The molecule has 0 unspecified atom stereocenters. The van der Waals surface area contributed by atoms with E-state index in [1.165, 1.54) is 23.0 Å². The van der Waals surface area contributed by atoms with E-state index in [0.29, 0.717) is 5.56 Å². The van der Waals surface area contributed by atoms with Gasteiger partial charge in [0.05, 0.1) is 16.1 Å². The van der Waals surface area contributed by atoms with E-state index < -0.39 is 52.2 Å². The zero-order valence-corrected chi connectivity index (χ0v) is 19.8. The minimum atomic E-state index is -4.49. The highest BCUT2D eigenvalue weighted by atomic mass is 35.5. The van der Waals surface area contributed by atoms with Crippen LogP contribution in [0.3, 0.4) is 0 Å². The first-order chi connectivity index (χ1) is 16.9. The average Bonchev–Trinajstić information content (AvgIpc) is 3.40. The van der Waals surface area contributed by atoms with Gasteiger partial charge >= 0.3 is 6.18 Å². The van der Waals surface area contributed by atoms with Crippen LogP contribution in [0.5, 0.6) is 0 Å². The first-order valence-corrected chi connectivity index (χ1v) is 12.3. The van der Waals surface area contributed by atoms with E-state index in [2.05, 4.69) is 10.4 Å². The largest absolute Gasteiger partial charge is 0.416 e. The van der Waals surface area contributed by atoms with Crippen LogP contribution in [-0.2, 0) is 27.5 Å². The number of sulfonamides is 1. The number of benzene rings is 2. The third kappa shape index (κ3) is 5.37. The van der Waals surface area contributed by atoms with E-state index in [1.54, 1.807) is 0 Å². The first-order valence-electron chi connectivity index (χ1n) is 10.5. The van der Waals surface area contributed by atoms with E-state index in [0.717, 1.165) is 40.7 Å². The average molecular weight is 549 g/mol. The Kier molecular flexibility index (Phi) is 7.08. The first kappa shape index (κ1) is 26.0. The number of rotatable bonds is 6. The van der Waals surface area contributed by atoms with Crippen LogP contribution >= 0.6 is 11.6 Å². The number of amides is 1. The number of nitrogens with zero attached hydrogens (tertiary/aromatic N) is 3. The van der Waals surface area contributed by atoms with Crippen molar-refractivity contribution >= 4 is 27.5 Å². The van der Waals surface area contributed by atoms with Crippen molar-refractivity contribution in [2.45, 2.75) is 36.3 Å². The molecule has 7 nitrogen and oxygen atoms in total. The molecule has 192 valence electrons. The molecule has 1 aliphatic heterocycles. The number of nitrogens with one attached hydrogen (secondary N) is 1. The van der Waals surface area contributed by atoms with Crippen molar-refractivity contribution in [2.24, 2.45) is 0 Å². The molecule has 1 fully saturated rings. The van der Waals surface area contributed by atoms with Crippen LogP contribution in [0.1, 0.15) is 17.5 Å². The molecule has 0 radical (unpaired) electrons. The number of aromatic nitrogens is 2. The van der Waals surface area contributed by atoms with E-state index in [9.17, 15) is 35.2 Å². The van der Waals surface area contributed by atoms with E-state index >= 15 is 0 Å². The molecule has 0 spiro atoms. The molecule has 0 saturated carbocycles. The fourth-order valence-electron chi connectivity index (χ4n) is 3.74. The van der Waals surface area contributed by atoms with Gasteiger partial charge in [0.25, 0.3) is 0 Å². The third-order valence-corrected chi connectivity index (χ3v) is 7.79. The van der Waals surface area contributed by atoms with Crippen molar-refractivity contribution in [1.29, 1.82) is 0 Å². The molecule has 36 heavy (non-hydrogen) atoms. The Hall–Kier alpha value is -3.03. The van der Waals surface area contributed by atoms with Crippen molar-refractivity contribution in [3.8, 4) is 5.69 Å². The Morgan fingerprint density at radius 2 is 1.75 bits per heavy atom. The molecule has 0 aliphatic carbocycles. The SMILES string of the molecule is O=C(NCc1cn(-c2ccc(C(F)(F)F)cc2)nc1Cl)[C@@H]1C[C@@H](F)CN1S(=O)(=O)c1ccc(F)cc1. The van der Waals surface area contributed by atoms with Crippen LogP contribution in [0.4, 0.5) is 22.0 Å². The molecule has 1 aromatic heterocycles. The summed E-state index contributed by atoms with van der Waals surface area (Å²) in [5, 5.41) is 6.47. The number of carbonyl (C=O) groups excluding carboxylic acids is 1. The maximum Gasteiger partial charge on any atom is 0.416 e. The van der Waals surface area contributed by atoms with Gasteiger partial charge in [-0.25, -0.2) is 21.9 Å². The lowest BCUT2D eigenvalue weighted by atomic mass is 10.2. The quantitative estimate of drug-likeness (QED) is 0.470. The van der Waals surface area contributed by atoms with E-state index in [4.69, 9.17) is 11.6 Å². The summed E-state index contributed by atoms with van der Waals surface area (Å²) in [4.78, 5) is 12.5.